The Morgan fingerprint density at radius 2 is 1.67 bits per heavy atom. The second-order valence-electron chi connectivity index (χ2n) is 13.0. The molecule has 216 valence electrons. The Morgan fingerprint density at radius 1 is 1.05 bits per heavy atom. The highest BCUT2D eigenvalue weighted by Crippen LogP contribution is 2.52. The molecule has 7 heteroatoms. The molecule has 0 fully saturated rings. The van der Waals surface area contributed by atoms with Crippen molar-refractivity contribution in [2.24, 2.45) is 5.92 Å². The Balaban J connectivity index is 1.66. The third-order valence-corrected chi connectivity index (χ3v) is 9.59. The minimum atomic E-state index is -0.637. The first kappa shape index (κ1) is 30.1. The summed E-state index contributed by atoms with van der Waals surface area (Å²) in [4.78, 5) is 16.4. The molecule has 2 heterocycles. The van der Waals surface area contributed by atoms with Crippen molar-refractivity contribution in [3.63, 3.8) is 0 Å². The summed E-state index contributed by atoms with van der Waals surface area (Å²) in [5.74, 6) is 1.68. The molecule has 0 saturated heterocycles. The van der Waals surface area contributed by atoms with Crippen LogP contribution >= 0.6 is 23.2 Å². The molecule has 1 atom stereocenters. The van der Waals surface area contributed by atoms with Crippen molar-refractivity contribution in [1.29, 1.82) is 10.7 Å². The van der Waals surface area contributed by atoms with Gasteiger partial charge in [0.05, 0.1) is 17.8 Å². The zero-order valence-corrected chi connectivity index (χ0v) is 27.0. The van der Waals surface area contributed by atoms with Gasteiger partial charge in [-0.05, 0) is 89.4 Å². The van der Waals surface area contributed by atoms with Gasteiger partial charge in [0.15, 0.2) is 17.5 Å². The van der Waals surface area contributed by atoms with Gasteiger partial charge in [-0.3, -0.25) is 10.2 Å². The number of allylic oxidation sites excluding steroid dienone is 5. The van der Waals surface area contributed by atoms with Gasteiger partial charge in [0.1, 0.15) is 11.6 Å². The van der Waals surface area contributed by atoms with E-state index in [1.54, 1.807) is 0 Å². The van der Waals surface area contributed by atoms with Gasteiger partial charge < -0.3 is 4.90 Å². The lowest BCUT2D eigenvalue weighted by atomic mass is 9.67. The molecule has 0 amide bonds. The molecule has 2 aliphatic heterocycles. The summed E-state index contributed by atoms with van der Waals surface area (Å²) in [6.07, 6.45) is 2.38. The summed E-state index contributed by atoms with van der Waals surface area (Å²) in [7, 11) is 0. The lowest BCUT2D eigenvalue weighted by Gasteiger charge is -2.35. The number of Topliss-reactive ketones (excluding diaryl/α,β-unsaturated/α-hetero) is 1. The minimum Gasteiger partial charge on any atom is -0.342 e. The van der Waals surface area contributed by atoms with E-state index >= 15 is 0 Å². The number of hydrogen-bond donors (Lipinski definition) is 1. The van der Waals surface area contributed by atoms with Gasteiger partial charge in [0.25, 0.3) is 0 Å². The molecule has 0 radical (unpaired) electrons. The van der Waals surface area contributed by atoms with E-state index in [0.717, 1.165) is 33.9 Å². The number of benzene rings is 2. The number of nitrogens with one attached hydrogen (secondary N) is 1. The first-order valence-electron chi connectivity index (χ1n) is 14.4. The van der Waals surface area contributed by atoms with Crippen LogP contribution in [0.4, 0.5) is 11.4 Å². The quantitative estimate of drug-likeness (QED) is 0.206. The third kappa shape index (κ3) is 4.40. The molecule has 1 unspecified atom stereocenters. The monoisotopic (exact) mass is 599 g/mol. The number of carbonyl (C=O) groups is 1. The van der Waals surface area contributed by atoms with Crippen molar-refractivity contribution < 1.29 is 9.37 Å². The predicted octanol–water partition coefficient (Wildman–Crippen LogP) is 8.45. The van der Waals surface area contributed by atoms with Gasteiger partial charge in [-0.2, -0.15) is 9.84 Å². The number of halogens is 2. The molecule has 2 aromatic rings. The van der Waals surface area contributed by atoms with Gasteiger partial charge in [-0.15, -0.1) is 0 Å². The Morgan fingerprint density at radius 3 is 2.24 bits per heavy atom. The van der Waals surface area contributed by atoms with Crippen molar-refractivity contribution in [2.45, 2.75) is 84.7 Å². The molecule has 3 aliphatic rings. The largest absolute Gasteiger partial charge is 0.342 e. The van der Waals surface area contributed by atoms with Crippen LogP contribution in [0.25, 0.3) is 0 Å². The SMILES string of the molecule is CC(C)N1/C(=C\C2C(=O)C(CC3=[N+](C(C)C)c4ccc(Cl)cc4C3(C)C)=C2C(=C=N)C#N)C(C)(C)c2cc(Cl)ccc21. The number of nitrogens with zero attached hydrogens (tertiary/aromatic N) is 3. The molecule has 1 N–H and O–H groups in total. The summed E-state index contributed by atoms with van der Waals surface area (Å²) in [6.45, 7) is 17.1. The smallest absolute Gasteiger partial charge is 0.209 e. The second kappa shape index (κ2) is 10.4. The molecule has 5 rings (SSSR count). The molecule has 0 spiro atoms. The first-order chi connectivity index (χ1) is 19.7. The van der Waals surface area contributed by atoms with Crippen LogP contribution in [0.2, 0.25) is 10.0 Å². The van der Waals surface area contributed by atoms with E-state index < -0.39 is 11.3 Å². The fourth-order valence-electron chi connectivity index (χ4n) is 7.04. The van der Waals surface area contributed by atoms with Crippen LogP contribution in [0.15, 0.2) is 64.9 Å². The topological polar surface area (TPSA) is 71.0 Å². The van der Waals surface area contributed by atoms with Crippen molar-refractivity contribution in [1.82, 2.24) is 0 Å². The maximum Gasteiger partial charge on any atom is 0.209 e. The van der Waals surface area contributed by atoms with Crippen LogP contribution in [-0.2, 0) is 15.6 Å². The Labute approximate surface area is 259 Å². The highest BCUT2D eigenvalue weighted by molar-refractivity contribution is 6.31. The number of carbonyl (C=O) groups excluding carboxylic acids is 1. The normalized spacial score (nSPS) is 21.1. The standard InChI is InChI=1S/C35H37Cl2N4O/c1-19(2)40-28-11-9-22(36)13-26(28)34(5,6)30(40)15-24-32(21(17-38)18-39)25(33(24)42)16-31-35(7,8)27-14-23(37)10-12-29(27)41(31)20(3)4/h9-15,19-20,24,38H,16H2,1-8H3/q+1/b30-15-. The molecule has 5 nitrogen and oxygen atoms in total. The molecular weight excluding hydrogens is 563 g/mol. The maximum atomic E-state index is 14.1. The Kier molecular flexibility index (Phi) is 7.43. The molecular formula is C35H37Cl2N4O+. The van der Waals surface area contributed by atoms with Crippen molar-refractivity contribution in [3.8, 4) is 6.07 Å². The van der Waals surface area contributed by atoms with E-state index in [0.29, 0.717) is 27.6 Å². The van der Waals surface area contributed by atoms with E-state index in [2.05, 4.69) is 76.8 Å². The fourth-order valence-corrected chi connectivity index (χ4v) is 7.38. The minimum absolute atomic E-state index is 0.0185. The summed E-state index contributed by atoms with van der Waals surface area (Å²) >= 11 is 12.8. The van der Waals surface area contributed by atoms with Gasteiger partial charge in [0, 0.05) is 55.7 Å². The Bertz CT molecular complexity index is 1730. The lowest BCUT2D eigenvalue weighted by molar-refractivity contribution is -0.474. The first-order valence-corrected chi connectivity index (χ1v) is 15.2. The number of nitriles is 1. The average Bonchev–Trinajstić information content (AvgIpc) is 3.28. The van der Waals surface area contributed by atoms with Gasteiger partial charge in [0.2, 0.25) is 5.69 Å². The lowest BCUT2D eigenvalue weighted by Crippen LogP contribution is -2.39. The molecule has 2 aromatic carbocycles. The van der Waals surface area contributed by atoms with Crippen molar-refractivity contribution in [3.05, 3.63) is 86.1 Å². The highest BCUT2D eigenvalue weighted by Gasteiger charge is 2.51. The Hall–Kier alpha value is -3.42. The van der Waals surface area contributed by atoms with E-state index in [1.165, 1.54) is 0 Å². The number of hydrogen-bond acceptors (Lipinski definition) is 4. The highest BCUT2D eigenvalue weighted by atomic mass is 35.5. The van der Waals surface area contributed by atoms with Crippen LogP contribution in [0.3, 0.4) is 0 Å². The van der Waals surface area contributed by atoms with E-state index in [1.807, 2.05) is 42.5 Å². The maximum absolute atomic E-state index is 14.1. The zero-order chi connectivity index (χ0) is 30.9. The number of rotatable bonds is 6. The van der Waals surface area contributed by atoms with Gasteiger partial charge in [-0.1, -0.05) is 37.0 Å². The van der Waals surface area contributed by atoms with Crippen LogP contribution in [0.1, 0.15) is 72.9 Å². The number of anilines is 1. The molecule has 42 heavy (non-hydrogen) atoms. The molecule has 0 bridgehead atoms. The molecule has 1 aliphatic carbocycles. The summed E-state index contributed by atoms with van der Waals surface area (Å²) < 4.78 is 2.29. The van der Waals surface area contributed by atoms with Gasteiger partial charge in [-0.25, -0.2) is 0 Å². The fraction of sp³-hybridized carbons (Fsp3) is 0.400. The van der Waals surface area contributed by atoms with Crippen LogP contribution in [-0.4, -0.2) is 34.0 Å². The van der Waals surface area contributed by atoms with Crippen molar-refractivity contribution in [2.75, 3.05) is 4.90 Å². The van der Waals surface area contributed by atoms with Gasteiger partial charge >= 0.3 is 0 Å². The summed E-state index contributed by atoms with van der Waals surface area (Å²) in [5.41, 5.74) is 6.93. The average molecular weight is 601 g/mol. The predicted molar refractivity (Wildman–Crippen MR) is 172 cm³/mol. The molecule has 0 saturated carbocycles. The van der Waals surface area contributed by atoms with E-state index in [4.69, 9.17) is 28.6 Å². The summed E-state index contributed by atoms with van der Waals surface area (Å²) in [6, 6.07) is 14.3. The van der Waals surface area contributed by atoms with Crippen LogP contribution in [0, 0.1) is 22.7 Å². The molecule has 0 aromatic heterocycles. The summed E-state index contributed by atoms with van der Waals surface area (Å²) in [5, 5.41) is 19.3. The third-order valence-electron chi connectivity index (χ3n) is 9.12. The number of fused-ring (bicyclic) bond motifs is 2. The second-order valence-corrected chi connectivity index (χ2v) is 13.9. The zero-order valence-electron chi connectivity index (χ0n) is 25.5. The van der Waals surface area contributed by atoms with Crippen molar-refractivity contribution >= 4 is 51.9 Å². The van der Waals surface area contributed by atoms with Crippen LogP contribution in [0.5, 0.6) is 0 Å². The number of ketones is 1. The van der Waals surface area contributed by atoms with E-state index in [-0.39, 0.29) is 28.9 Å². The van der Waals surface area contributed by atoms with Crippen LogP contribution < -0.4 is 4.90 Å². The van der Waals surface area contributed by atoms with E-state index in [9.17, 15) is 10.1 Å².